The van der Waals surface area contributed by atoms with Crippen molar-refractivity contribution in [2.75, 3.05) is 31.1 Å². The van der Waals surface area contributed by atoms with Crippen molar-refractivity contribution in [2.45, 2.75) is 89.0 Å². The van der Waals surface area contributed by atoms with Gasteiger partial charge in [0, 0.05) is 62.3 Å². The summed E-state index contributed by atoms with van der Waals surface area (Å²) in [4.78, 5) is 22.5. The van der Waals surface area contributed by atoms with Crippen LogP contribution in [0.2, 0.25) is 0 Å². The maximum Gasteiger partial charge on any atom is 0.340 e. The number of piperazine rings is 1. The molecule has 2 aliphatic heterocycles. The predicted octanol–water partition coefficient (Wildman–Crippen LogP) is 5.40. The highest BCUT2D eigenvalue weighted by Gasteiger charge is 2.36. The molecule has 2 amide bonds. The second kappa shape index (κ2) is 10.2. The standard InChI is InChI=1S/C26H39N5O/c32-26(31-25(13-15-28-31)22-10-4-2-1-3-5-11-22)30-18-16-29(17-19-30)23-12-14-27-24(20-23)21-8-6-7-9-21/h12,14-15,20-22,25H,1-11,13,16-19H2. The number of hydrazone groups is 1. The van der Waals surface area contributed by atoms with E-state index in [2.05, 4.69) is 27.1 Å². The van der Waals surface area contributed by atoms with Gasteiger partial charge >= 0.3 is 6.03 Å². The number of aromatic nitrogens is 1. The number of carbonyl (C=O) groups excluding carboxylic acids is 1. The fraction of sp³-hybridized carbons (Fsp3) is 0.731. The molecular formula is C26H39N5O. The van der Waals surface area contributed by atoms with Gasteiger partial charge in [-0.1, -0.05) is 44.9 Å². The fourth-order valence-electron chi connectivity index (χ4n) is 6.26. The lowest BCUT2D eigenvalue weighted by molar-refractivity contribution is 0.115. The summed E-state index contributed by atoms with van der Waals surface area (Å²) in [5.41, 5.74) is 2.52. The molecule has 4 aliphatic rings. The molecule has 2 saturated carbocycles. The molecule has 1 aromatic heterocycles. The molecule has 3 fully saturated rings. The van der Waals surface area contributed by atoms with Gasteiger partial charge in [0.1, 0.15) is 0 Å². The molecule has 1 aromatic rings. The molecule has 3 heterocycles. The van der Waals surface area contributed by atoms with E-state index >= 15 is 0 Å². The van der Waals surface area contributed by atoms with Gasteiger partial charge in [-0.2, -0.15) is 5.10 Å². The molecule has 0 spiro atoms. The molecule has 6 nitrogen and oxygen atoms in total. The lowest BCUT2D eigenvalue weighted by Gasteiger charge is -2.39. The number of hydrogen-bond acceptors (Lipinski definition) is 4. The Hall–Kier alpha value is -2.11. The lowest BCUT2D eigenvalue weighted by atomic mass is 9.85. The number of nitrogens with zero attached hydrogens (tertiary/aromatic N) is 5. The van der Waals surface area contributed by atoms with E-state index in [1.807, 2.05) is 22.3 Å². The van der Waals surface area contributed by atoms with Gasteiger partial charge in [-0.3, -0.25) is 4.98 Å². The summed E-state index contributed by atoms with van der Waals surface area (Å²) >= 11 is 0. The highest BCUT2D eigenvalue weighted by atomic mass is 16.2. The van der Waals surface area contributed by atoms with Crippen LogP contribution in [0.25, 0.3) is 0 Å². The predicted molar refractivity (Wildman–Crippen MR) is 129 cm³/mol. The van der Waals surface area contributed by atoms with E-state index in [0.717, 1.165) is 32.6 Å². The number of pyridine rings is 1. The summed E-state index contributed by atoms with van der Waals surface area (Å²) in [6.45, 7) is 3.30. The average molecular weight is 438 g/mol. The minimum Gasteiger partial charge on any atom is -0.368 e. The minimum absolute atomic E-state index is 0.117. The van der Waals surface area contributed by atoms with Crippen LogP contribution in [0.1, 0.15) is 88.7 Å². The number of rotatable bonds is 3. The van der Waals surface area contributed by atoms with Gasteiger partial charge in [0.2, 0.25) is 0 Å². The largest absolute Gasteiger partial charge is 0.368 e. The summed E-state index contributed by atoms with van der Waals surface area (Å²) in [6.07, 6.45) is 19.2. The number of hydrogen-bond donors (Lipinski definition) is 0. The van der Waals surface area contributed by atoms with E-state index in [-0.39, 0.29) is 12.1 Å². The summed E-state index contributed by atoms with van der Waals surface area (Å²) in [5.74, 6) is 1.24. The van der Waals surface area contributed by atoms with E-state index in [0.29, 0.717) is 11.8 Å². The highest BCUT2D eigenvalue weighted by molar-refractivity contribution is 5.78. The van der Waals surface area contributed by atoms with Crippen LogP contribution in [0.3, 0.4) is 0 Å². The molecule has 0 N–H and O–H groups in total. The zero-order valence-corrected chi connectivity index (χ0v) is 19.5. The van der Waals surface area contributed by atoms with Crippen molar-refractivity contribution in [1.82, 2.24) is 14.9 Å². The van der Waals surface area contributed by atoms with E-state index in [1.165, 1.54) is 82.0 Å². The third kappa shape index (κ3) is 4.79. The fourth-order valence-corrected chi connectivity index (χ4v) is 6.26. The van der Waals surface area contributed by atoms with Crippen molar-refractivity contribution in [3.63, 3.8) is 0 Å². The van der Waals surface area contributed by atoms with Gasteiger partial charge in [0.25, 0.3) is 0 Å². The molecule has 0 radical (unpaired) electrons. The van der Waals surface area contributed by atoms with Crippen LogP contribution in [-0.4, -0.2) is 59.4 Å². The Balaban J connectivity index is 1.18. The second-order valence-corrected chi connectivity index (χ2v) is 10.2. The normalized spacial score (nSPS) is 25.9. The summed E-state index contributed by atoms with van der Waals surface area (Å²) < 4.78 is 0. The van der Waals surface area contributed by atoms with Crippen molar-refractivity contribution in [2.24, 2.45) is 11.0 Å². The van der Waals surface area contributed by atoms with Gasteiger partial charge in [0.05, 0.1) is 6.04 Å². The number of anilines is 1. The van der Waals surface area contributed by atoms with Crippen molar-refractivity contribution in [1.29, 1.82) is 0 Å². The van der Waals surface area contributed by atoms with Crippen LogP contribution in [0.4, 0.5) is 10.5 Å². The Morgan fingerprint density at radius 2 is 1.56 bits per heavy atom. The van der Waals surface area contributed by atoms with Crippen molar-refractivity contribution in [3.05, 3.63) is 24.0 Å². The molecule has 5 rings (SSSR count). The van der Waals surface area contributed by atoms with E-state index in [4.69, 9.17) is 0 Å². The highest BCUT2D eigenvalue weighted by Crippen LogP contribution is 2.35. The zero-order chi connectivity index (χ0) is 21.8. The number of amides is 2. The van der Waals surface area contributed by atoms with Gasteiger partial charge in [0.15, 0.2) is 0 Å². The Morgan fingerprint density at radius 1 is 0.875 bits per heavy atom. The molecule has 2 aliphatic carbocycles. The van der Waals surface area contributed by atoms with Crippen molar-refractivity contribution >= 4 is 17.9 Å². The second-order valence-electron chi connectivity index (χ2n) is 10.2. The molecular weight excluding hydrogens is 398 g/mol. The van der Waals surface area contributed by atoms with Crippen LogP contribution < -0.4 is 4.90 Å². The Kier molecular flexibility index (Phi) is 6.94. The smallest absolute Gasteiger partial charge is 0.340 e. The van der Waals surface area contributed by atoms with Crippen LogP contribution >= 0.6 is 0 Å². The summed E-state index contributed by atoms with van der Waals surface area (Å²) in [6, 6.07) is 4.81. The zero-order valence-electron chi connectivity index (χ0n) is 19.5. The summed E-state index contributed by atoms with van der Waals surface area (Å²) in [5, 5.41) is 6.39. The molecule has 1 unspecified atom stereocenters. The third-order valence-electron chi connectivity index (χ3n) is 8.21. The first-order chi connectivity index (χ1) is 15.8. The van der Waals surface area contributed by atoms with E-state index < -0.39 is 0 Å². The van der Waals surface area contributed by atoms with Crippen molar-refractivity contribution in [3.8, 4) is 0 Å². The Morgan fingerprint density at radius 3 is 2.31 bits per heavy atom. The number of urea groups is 1. The molecule has 32 heavy (non-hydrogen) atoms. The van der Waals surface area contributed by atoms with E-state index in [1.54, 1.807) is 0 Å². The number of carbonyl (C=O) groups is 1. The molecule has 1 atom stereocenters. The van der Waals surface area contributed by atoms with Gasteiger partial charge in [-0.15, -0.1) is 0 Å². The summed E-state index contributed by atoms with van der Waals surface area (Å²) in [7, 11) is 0. The lowest BCUT2D eigenvalue weighted by Crippen LogP contribution is -2.53. The van der Waals surface area contributed by atoms with Gasteiger partial charge in [-0.25, -0.2) is 9.80 Å². The maximum absolute atomic E-state index is 13.4. The molecule has 0 aromatic carbocycles. The average Bonchev–Trinajstić information content (AvgIpc) is 3.51. The Bertz CT molecular complexity index is 789. The first-order valence-corrected chi connectivity index (χ1v) is 13.1. The van der Waals surface area contributed by atoms with Crippen LogP contribution in [-0.2, 0) is 0 Å². The van der Waals surface area contributed by atoms with Crippen LogP contribution in [0.5, 0.6) is 0 Å². The topological polar surface area (TPSA) is 52.0 Å². The molecule has 174 valence electrons. The molecule has 1 saturated heterocycles. The van der Waals surface area contributed by atoms with Gasteiger partial charge in [-0.05, 0) is 43.7 Å². The maximum atomic E-state index is 13.4. The minimum atomic E-state index is 0.117. The van der Waals surface area contributed by atoms with E-state index in [9.17, 15) is 4.79 Å². The molecule has 0 bridgehead atoms. The monoisotopic (exact) mass is 437 g/mol. The van der Waals surface area contributed by atoms with Crippen LogP contribution in [0, 0.1) is 5.92 Å². The molecule has 6 heteroatoms. The van der Waals surface area contributed by atoms with Gasteiger partial charge < -0.3 is 9.80 Å². The van der Waals surface area contributed by atoms with Crippen LogP contribution in [0.15, 0.2) is 23.4 Å². The third-order valence-corrected chi connectivity index (χ3v) is 8.21. The van der Waals surface area contributed by atoms with Crippen molar-refractivity contribution < 1.29 is 4.79 Å². The SMILES string of the molecule is O=C(N1CCN(c2ccnc(C3CCCC3)c2)CC1)N1N=CCC1C1CCCCCCC1. The Labute approximate surface area is 193 Å². The first-order valence-electron chi connectivity index (χ1n) is 13.1. The quantitative estimate of drug-likeness (QED) is 0.636. The first kappa shape index (κ1) is 21.7.